The Morgan fingerprint density at radius 1 is 1.09 bits per heavy atom. The van der Waals surface area contributed by atoms with Gasteiger partial charge >= 0.3 is 0 Å². The summed E-state index contributed by atoms with van der Waals surface area (Å²) >= 11 is 0. The summed E-state index contributed by atoms with van der Waals surface area (Å²) in [6.45, 7) is 1.60. The second-order valence-corrected chi connectivity index (χ2v) is 6.01. The maximum absolute atomic E-state index is 12.1. The van der Waals surface area contributed by atoms with Crippen molar-refractivity contribution in [3.05, 3.63) is 71.3 Å². The van der Waals surface area contributed by atoms with Gasteiger partial charge in [0.15, 0.2) is 0 Å². The lowest BCUT2D eigenvalue weighted by Crippen LogP contribution is -2.30. The first kappa shape index (κ1) is 13.3. The Balaban J connectivity index is 1.82. The largest absolute Gasteiger partial charge is 0.273 e. The number of carbonyl (C=O) groups is 1. The van der Waals surface area contributed by atoms with Gasteiger partial charge in [-0.15, -0.1) is 0 Å². The standard InChI is InChI=1S/C19H18N2O/c1-13(22)21-19(15-8-3-2-4-9-15)17-12-11-14-7-5-6-10-16(14)18(17)20-21/h2-10,17,19H,11-12H2,1H3/t17-,19-/m0/s1. The minimum atomic E-state index is 0.00762. The highest BCUT2D eigenvalue weighted by atomic mass is 16.2. The first-order valence-electron chi connectivity index (χ1n) is 7.77. The van der Waals surface area contributed by atoms with Crippen LogP contribution in [0.25, 0.3) is 0 Å². The van der Waals surface area contributed by atoms with Crippen LogP contribution in [0, 0.1) is 5.92 Å². The van der Waals surface area contributed by atoms with Crippen LogP contribution in [0.15, 0.2) is 59.7 Å². The van der Waals surface area contributed by atoms with Gasteiger partial charge in [-0.05, 0) is 24.0 Å². The number of hydrogen-bond acceptors (Lipinski definition) is 2. The molecule has 4 rings (SSSR count). The summed E-state index contributed by atoms with van der Waals surface area (Å²) < 4.78 is 0. The third-order valence-corrected chi connectivity index (χ3v) is 4.69. The molecule has 3 heteroatoms. The Morgan fingerprint density at radius 2 is 1.82 bits per heavy atom. The molecule has 0 aromatic heterocycles. The zero-order valence-electron chi connectivity index (χ0n) is 12.6. The van der Waals surface area contributed by atoms with Gasteiger partial charge in [0.25, 0.3) is 0 Å². The van der Waals surface area contributed by atoms with Crippen molar-refractivity contribution in [2.45, 2.75) is 25.8 Å². The monoisotopic (exact) mass is 290 g/mol. The van der Waals surface area contributed by atoms with Crippen molar-refractivity contribution in [3.63, 3.8) is 0 Å². The molecular formula is C19H18N2O. The summed E-state index contributed by atoms with van der Waals surface area (Å²) in [4.78, 5) is 12.1. The van der Waals surface area contributed by atoms with Gasteiger partial charge in [0.1, 0.15) is 0 Å². The van der Waals surface area contributed by atoms with Crippen LogP contribution < -0.4 is 0 Å². The van der Waals surface area contributed by atoms with Crippen LogP contribution in [0.5, 0.6) is 0 Å². The van der Waals surface area contributed by atoms with Crippen molar-refractivity contribution in [1.29, 1.82) is 0 Å². The highest BCUT2D eigenvalue weighted by molar-refractivity contribution is 6.06. The van der Waals surface area contributed by atoms with E-state index in [1.165, 1.54) is 16.7 Å². The molecule has 3 nitrogen and oxygen atoms in total. The minimum absolute atomic E-state index is 0.00762. The van der Waals surface area contributed by atoms with Crippen LogP contribution in [-0.4, -0.2) is 16.6 Å². The van der Waals surface area contributed by atoms with Crippen molar-refractivity contribution >= 4 is 11.6 Å². The molecule has 22 heavy (non-hydrogen) atoms. The molecule has 110 valence electrons. The Morgan fingerprint density at radius 3 is 2.59 bits per heavy atom. The smallest absolute Gasteiger partial charge is 0.240 e. The molecule has 0 radical (unpaired) electrons. The zero-order valence-corrected chi connectivity index (χ0v) is 12.6. The van der Waals surface area contributed by atoms with Gasteiger partial charge in [0, 0.05) is 18.4 Å². The summed E-state index contributed by atoms with van der Waals surface area (Å²) in [5.41, 5.74) is 4.80. The number of nitrogens with zero attached hydrogens (tertiary/aromatic N) is 2. The van der Waals surface area contributed by atoms with E-state index in [0.717, 1.165) is 18.6 Å². The molecule has 2 aromatic carbocycles. The van der Waals surface area contributed by atoms with E-state index in [1.54, 1.807) is 11.9 Å². The molecule has 1 aliphatic carbocycles. The number of carbonyl (C=O) groups excluding carboxylic acids is 1. The Labute approximate surface area is 130 Å². The zero-order chi connectivity index (χ0) is 15.1. The average molecular weight is 290 g/mol. The van der Waals surface area contributed by atoms with Gasteiger partial charge in [-0.3, -0.25) is 4.79 Å². The molecule has 0 unspecified atom stereocenters. The number of rotatable bonds is 1. The average Bonchev–Trinajstić information content (AvgIpc) is 2.96. The van der Waals surface area contributed by atoms with Gasteiger partial charge in [0.2, 0.25) is 5.91 Å². The predicted octanol–water partition coefficient (Wildman–Crippen LogP) is 3.56. The van der Waals surface area contributed by atoms with Crippen molar-refractivity contribution in [3.8, 4) is 0 Å². The second kappa shape index (κ2) is 5.09. The van der Waals surface area contributed by atoms with Gasteiger partial charge in [-0.25, -0.2) is 5.01 Å². The molecular weight excluding hydrogens is 272 g/mol. The fraction of sp³-hybridized carbons (Fsp3) is 0.263. The molecule has 0 spiro atoms. The Bertz CT molecular complexity index is 751. The fourth-order valence-corrected chi connectivity index (χ4v) is 3.71. The van der Waals surface area contributed by atoms with E-state index < -0.39 is 0 Å². The quantitative estimate of drug-likeness (QED) is 0.790. The van der Waals surface area contributed by atoms with Crippen LogP contribution in [0.3, 0.4) is 0 Å². The van der Waals surface area contributed by atoms with E-state index in [1.807, 2.05) is 18.2 Å². The lowest BCUT2D eigenvalue weighted by Gasteiger charge is -2.29. The molecule has 1 heterocycles. The van der Waals surface area contributed by atoms with E-state index in [4.69, 9.17) is 5.10 Å². The van der Waals surface area contributed by atoms with Crippen LogP contribution >= 0.6 is 0 Å². The molecule has 1 aliphatic heterocycles. The number of hydrazone groups is 1. The van der Waals surface area contributed by atoms with E-state index in [2.05, 4.69) is 36.4 Å². The van der Waals surface area contributed by atoms with Crippen LogP contribution in [0.2, 0.25) is 0 Å². The molecule has 0 bridgehead atoms. The molecule has 1 amide bonds. The summed E-state index contributed by atoms with van der Waals surface area (Å²) in [6, 6.07) is 18.7. The third-order valence-electron chi connectivity index (χ3n) is 4.69. The molecule has 2 atom stereocenters. The van der Waals surface area contributed by atoms with Gasteiger partial charge in [-0.1, -0.05) is 54.6 Å². The molecule has 0 saturated heterocycles. The third kappa shape index (κ3) is 1.97. The summed E-state index contributed by atoms with van der Waals surface area (Å²) in [5.74, 6) is 0.300. The molecule has 2 aliphatic rings. The van der Waals surface area contributed by atoms with Crippen molar-refractivity contribution < 1.29 is 4.79 Å². The topological polar surface area (TPSA) is 32.7 Å². The summed E-state index contributed by atoms with van der Waals surface area (Å²) in [5, 5.41) is 6.39. The number of aryl methyl sites for hydroxylation is 1. The Hall–Kier alpha value is -2.42. The van der Waals surface area contributed by atoms with Crippen molar-refractivity contribution in [1.82, 2.24) is 5.01 Å². The number of benzene rings is 2. The summed E-state index contributed by atoms with van der Waals surface area (Å²) in [7, 11) is 0. The van der Waals surface area contributed by atoms with Crippen LogP contribution in [0.4, 0.5) is 0 Å². The van der Waals surface area contributed by atoms with Crippen LogP contribution in [0.1, 0.15) is 36.1 Å². The van der Waals surface area contributed by atoms with Gasteiger partial charge < -0.3 is 0 Å². The maximum Gasteiger partial charge on any atom is 0.240 e. The number of amides is 1. The lowest BCUT2D eigenvalue weighted by molar-refractivity contribution is -0.131. The maximum atomic E-state index is 12.1. The van der Waals surface area contributed by atoms with Gasteiger partial charge in [0.05, 0.1) is 11.8 Å². The van der Waals surface area contributed by atoms with Crippen LogP contribution in [-0.2, 0) is 11.2 Å². The second-order valence-electron chi connectivity index (χ2n) is 6.01. The molecule has 2 aromatic rings. The Kier molecular flexibility index (Phi) is 3.07. The first-order chi connectivity index (χ1) is 10.8. The van der Waals surface area contributed by atoms with E-state index >= 15 is 0 Å². The van der Waals surface area contributed by atoms with E-state index in [9.17, 15) is 4.79 Å². The van der Waals surface area contributed by atoms with E-state index in [-0.39, 0.29) is 11.9 Å². The highest BCUT2D eigenvalue weighted by Gasteiger charge is 2.42. The molecule has 0 saturated carbocycles. The first-order valence-corrected chi connectivity index (χ1v) is 7.77. The number of hydrogen-bond donors (Lipinski definition) is 0. The fourth-order valence-electron chi connectivity index (χ4n) is 3.71. The number of fused-ring (bicyclic) bond motifs is 3. The van der Waals surface area contributed by atoms with E-state index in [0.29, 0.717) is 5.92 Å². The SMILES string of the molecule is CC(=O)N1N=C2c3ccccc3CC[C@@H]2[C@@H]1c1ccccc1. The van der Waals surface area contributed by atoms with Gasteiger partial charge in [-0.2, -0.15) is 5.10 Å². The van der Waals surface area contributed by atoms with Crippen molar-refractivity contribution in [2.75, 3.05) is 0 Å². The normalized spacial score (nSPS) is 22.8. The minimum Gasteiger partial charge on any atom is -0.273 e. The molecule has 0 fully saturated rings. The van der Waals surface area contributed by atoms with Crippen molar-refractivity contribution in [2.24, 2.45) is 11.0 Å². The summed E-state index contributed by atoms with van der Waals surface area (Å²) in [6.07, 6.45) is 2.09. The predicted molar refractivity (Wildman–Crippen MR) is 86.5 cm³/mol. The highest BCUT2D eigenvalue weighted by Crippen LogP contribution is 2.43. The molecule has 0 N–H and O–H groups in total. The lowest BCUT2D eigenvalue weighted by atomic mass is 9.77.